The Morgan fingerprint density at radius 3 is 2.46 bits per heavy atom. The van der Waals surface area contributed by atoms with Crippen LogP contribution in [0.5, 0.6) is 0 Å². The van der Waals surface area contributed by atoms with E-state index in [1.165, 1.54) is 0 Å². The molecule has 28 heavy (non-hydrogen) atoms. The molecule has 0 radical (unpaired) electrons. The third-order valence-electron chi connectivity index (χ3n) is 4.99. The quantitative estimate of drug-likeness (QED) is 0.671. The number of benzene rings is 2. The second kappa shape index (κ2) is 9.20. The molecule has 2 aromatic carbocycles. The summed E-state index contributed by atoms with van der Waals surface area (Å²) in [7, 11) is -3.39. The van der Waals surface area contributed by atoms with Gasteiger partial charge in [0.2, 0.25) is 15.9 Å². The van der Waals surface area contributed by atoms with Crippen LogP contribution in [0.4, 0.5) is 0 Å². The number of carbonyl (C=O) groups excluding carboxylic acids is 1. The average molecular weight is 465 g/mol. The molecule has 0 bridgehead atoms. The second-order valence-corrected chi connectivity index (χ2v) is 9.95. The molecule has 1 amide bonds. The number of rotatable bonds is 7. The lowest BCUT2D eigenvalue weighted by Crippen LogP contribution is -2.27. The van der Waals surface area contributed by atoms with Crippen molar-refractivity contribution < 1.29 is 13.2 Å². The summed E-state index contributed by atoms with van der Waals surface area (Å²) >= 11 is 3.44. The van der Waals surface area contributed by atoms with E-state index in [1.807, 2.05) is 31.2 Å². The van der Waals surface area contributed by atoms with E-state index in [0.29, 0.717) is 30.8 Å². The maximum atomic E-state index is 12.6. The number of halogens is 1. The predicted octanol–water partition coefficient (Wildman–Crippen LogP) is 4.04. The highest BCUT2D eigenvalue weighted by Gasteiger charge is 2.26. The monoisotopic (exact) mass is 464 g/mol. The number of carbonyl (C=O) groups is 1. The number of hydrogen-bond donors (Lipinski definition) is 1. The minimum absolute atomic E-state index is 0.0266. The smallest absolute Gasteiger partial charge is 0.243 e. The maximum Gasteiger partial charge on any atom is 0.243 e. The minimum Gasteiger partial charge on any atom is -0.350 e. The van der Waals surface area contributed by atoms with Crippen LogP contribution in [-0.2, 0) is 21.2 Å². The molecule has 1 heterocycles. The molecular weight excluding hydrogens is 440 g/mol. The van der Waals surface area contributed by atoms with Gasteiger partial charge in [0.1, 0.15) is 0 Å². The van der Waals surface area contributed by atoms with Crippen molar-refractivity contribution in [1.82, 2.24) is 9.62 Å². The highest BCUT2D eigenvalue weighted by molar-refractivity contribution is 9.10. The molecular formula is C21H25BrN2O3S. The molecule has 0 unspecified atom stereocenters. The SMILES string of the molecule is C[C@@H](NC(=O)CCc1ccc(S(=O)(=O)N2CCCC2)cc1)c1cccc(Br)c1. The Morgan fingerprint density at radius 2 is 1.82 bits per heavy atom. The van der Waals surface area contributed by atoms with E-state index in [9.17, 15) is 13.2 Å². The van der Waals surface area contributed by atoms with Crippen LogP contribution in [0.15, 0.2) is 57.9 Å². The van der Waals surface area contributed by atoms with Gasteiger partial charge in [-0.2, -0.15) is 4.31 Å². The van der Waals surface area contributed by atoms with Gasteiger partial charge in [0.15, 0.2) is 0 Å². The first kappa shape index (κ1) is 21.0. The number of hydrogen-bond acceptors (Lipinski definition) is 3. The Kier molecular flexibility index (Phi) is 6.91. The normalized spacial score (nSPS) is 16.1. The summed E-state index contributed by atoms with van der Waals surface area (Å²) in [5, 5.41) is 3.00. The molecule has 1 aliphatic rings. The lowest BCUT2D eigenvalue weighted by atomic mass is 10.1. The first-order chi connectivity index (χ1) is 13.4. The van der Waals surface area contributed by atoms with Crippen molar-refractivity contribution in [2.24, 2.45) is 0 Å². The maximum absolute atomic E-state index is 12.6. The third kappa shape index (κ3) is 5.21. The van der Waals surface area contributed by atoms with Gasteiger partial charge in [-0.15, -0.1) is 0 Å². The largest absolute Gasteiger partial charge is 0.350 e. The topological polar surface area (TPSA) is 66.5 Å². The van der Waals surface area contributed by atoms with E-state index in [4.69, 9.17) is 0 Å². The molecule has 3 rings (SSSR count). The van der Waals surface area contributed by atoms with Gasteiger partial charge in [0, 0.05) is 24.0 Å². The average Bonchev–Trinajstić information content (AvgIpc) is 3.22. The van der Waals surface area contributed by atoms with E-state index < -0.39 is 10.0 Å². The zero-order valence-electron chi connectivity index (χ0n) is 15.9. The number of amides is 1. The standard InChI is InChI=1S/C21H25BrN2O3S/c1-16(18-5-4-6-19(22)15-18)23-21(25)12-9-17-7-10-20(11-8-17)28(26,27)24-13-2-3-14-24/h4-8,10-11,15-16H,2-3,9,12-14H2,1H3,(H,23,25)/t16-/m1/s1. The minimum atomic E-state index is -3.39. The molecule has 1 atom stereocenters. The van der Waals surface area contributed by atoms with Crippen molar-refractivity contribution in [3.05, 3.63) is 64.1 Å². The van der Waals surface area contributed by atoms with Crippen LogP contribution in [-0.4, -0.2) is 31.7 Å². The fourth-order valence-electron chi connectivity index (χ4n) is 3.34. The van der Waals surface area contributed by atoms with Gasteiger partial charge in [-0.3, -0.25) is 4.79 Å². The molecule has 0 aliphatic carbocycles. The molecule has 1 saturated heterocycles. The van der Waals surface area contributed by atoms with Gasteiger partial charge in [0.05, 0.1) is 10.9 Å². The van der Waals surface area contributed by atoms with Crippen molar-refractivity contribution in [2.45, 2.75) is 43.5 Å². The first-order valence-electron chi connectivity index (χ1n) is 9.50. The lowest BCUT2D eigenvalue weighted by molar-refractivity contribution is -0.121. The highest BCUT2D eigenvalue weighted by Crippen LogP contribution is 2.22. The molecule has 0 saturated carbocycles. The van der Waals surface area contributed by atoms with Crippen molar-refractivity contribution in [1.29, 1.82) is 0 Å². The summed E-state index contributed by atoms with van der Waals surface area (Å²) in [5.41, 5.74) is 1.99. The van der Waals surface area contributed by atoms with Gasteiger partial charge in [-0.25, -0.2) is 8.42 Å². The molecule has 0 aromatic heterocycles. The van der Waals surface area contributed by atoms with Crippen LogP contribution in [0.1, 0.15) is 43.4 Å². The highest BCUT2D eigenvalue weighted by atomic mass is 79.9. The number of sulfonamides is 1. The Bertz CT molecular complexity index is 923. The summed E-state index contributed by atoms with van der Waals surface area (Å²) in [6, 6.07) is 14.7. The van der Waals surface area contributed by atoms with Crippen LogP contribution in [0.25, 0.3) is 0 Å². The molecule has 7 heteroatoms. The van der Waals surface area contributed by atoms with Crippen LogP contribution in [0.2, 0.25) is 0 Å². The van der Waals surface area contributed by atoms with Crippen LogP contribution < -0.4 is 5.32 Å². The van der Waals surface area contributed by atoms with Crippen LogP contribution in [0, 0.1) is 0 Å². The lowest BCUT2D eigenvalue weighted by Gasteiger charge is -2.16. The van der Waals surface area contributed by atoms with E-state index in [1.54, 1.807) is 28.6 Å². The fourth-order valence-corrected chi connectivity index (χ4v) is 5.27. The number of nitrogens with one attached hydrogen (secondary N) is 1. The van der Waals surface area contributed by atoms with Crippen molar-refractivity contribution in [2.75, 3.05) is 13.1 Å². The Balaban J connectivity index is 1.54. The van der Waals surface area contributed by atoms with Gasteiger partial charge in [0.25, 0.3) is 0 Å². The molecule has 150 valence electrons. The van der Waals surface area contributed by atoms with Crippen molar-refractivity contribution in [3.8, 4) is 0 Å². The summed E-state index contributed by atoms with van der Waals surface area (Å²) in [5.74, 6) is -0.0266. The predicted molar refractivity (Wildman–Crippen MR) is 113 cm³/mol. The summed E-state index contributed by atoms with van der Waals surface area (Å²) in [6.45, 7) is 3.15. The van der Waals surface area contributed by atoms with E-state index in [-0.39, 0.29) is 11.9 Å². The molecule has 1 N–H and O–H groups in total. The molecule has 5 nitrogen and oxygen atoms in total. The number of nitrogens with zero attached hydrogens (tertiary/aromatic N) is 1. The Hall–Kier alpha value is -1.70. The van der Waals surface area contributed by atoms with Gasteiger partial charge >= 0.3 is 0 Å². The van der Waals surface area contributed by atoms with E-state index in [0.717, 1.165) is 28.4 Å². The summed E-state index contributed by atoms with van der Waals surface area (Å²) in [4.78, 5) is 12.6. The third-order valence-corrected chi connectivity index (χ3v) is 7.40. The van der Waals surface area contributed by atoms with Gasteiger partial charge in [-0.1, -0.05) is 40.2 Å². The molecule has 0 spiro atoms. The van der Waals surface area contributed by atoms with E-state index >= 15 is 0 Å². The summed E-state index contributed by atoms with van der Waals surface area (Å²) < 4.78 is 27.6. The van der Waals surface area contributed by atoms with E-state index in [2.05, 4.69) is 21.2 Å². The fraction of sp³-hybridized carbons (Fsp3) is 0.381. The zero-order valence-corrected chi connectivity index (χ0v) is 18.3. The second-order valence-electron chi connectivity index (χ2n) is 7.10. The Morgan fingerprint density at radius 1 is 1.14 bits per heavy atom. The van der Waals surface area contributed by atoms with Crippen LogP contribution >= 0.6 is 15.9 Å². The van der Waals surface area contributed by atoms with Crippen LogP contribution in [0.3, 0.4) is 0 Å². The van der Waals surface area contributed by atoms with Crippen molar-refractivity contribution >= 4 is 31.9 Å². The molecule has 1 aliphatic heterocycles. The zero-order chi connectivity index (χ0) is 20.1. The van der Waals surface area contributed by atoms with Crippen molar-refractivity contribution in [3.63, 3.8) is 0 Å². The number of aryl methyl sites for hydroxylation is 1. The van der Waals surface area contributed by atoms with Gasteiger partial charge < -0.3 is 5.32 Å². The molecule has 1 fully saturated rings. The Labute approximate surface area is 175 Å². The first-order valence-corrected chi connectivity index (χ1v) is 11.7. The van der Waals surface area contributed by atoms with Gasteiger partial charge in [-0.05, 0) is 61.6 Å². The molecule has 2 aromatic rings. The summed E-state index contributed by atoms with van der Waals surface area (Å²) in [6.07, 6.45) is 2.77.